The average Bonchev–Trinajstić information content (AvgIpc) is 3.49. The average molecular weight is 608 g/mol. The van der Waals surface area contributed by atoms with Gasteiger partial charge in [0.05, 0.1) is 34.0 Å². The first-order valence-corrected chi connectivity index (χ1v) is 14.1. The van der Waals surface area contributed by atoms with Gasteiger partial charge in [-0.2, -0.15) is 18.4 Å². The van der Waals surface area contributed by atoms with Crippen LogP contribution in [0.3, 0.4) is 0 Å². The van der Waals surface area contributed by atoms with Gasteiger partial charge in [0.2, 0.25) is 0 Å². The van der Waals surface area contributed by atoms with Crippen LogP contribution >= 0.6 is 11.6 Å². The van der Waals surface area contributed by atoms with E-state index in [0.29, 0.717) is 50.7 Å². The normalized spacial score (nSPS) is 15.4. The molecule has 0 spiro atoms. The molecule has 1 saturated carbocycles. The number of hydrogen-bond donors (Lipinski definition) is 2. The van der Waals surface area contributed by atoms with Crippen molar-refractivity contribution in [3.8, 4) is 6.07 Å². The van der Waals surface area contributed by atoms with Gasteiger partial charge in [-0.1, -0.05) is 37.6 Å². The van der Waals surface area contributed by atoms with E-state index in [1.165, 1.54) is 12.4 Å². The first kappa shape index (κ1) is 28.7. The van der Waals surface area contributed by atoms with E-state index >= 15 is 0 Å². The standard InChI is InChI=1S/C30H29ClF3N9/c1-28(2,3)16-38-24-17(13-35)14-37-25-21(24)11-18(12-22(25)31)39-26(19-5-9-36-27-20(19)6-10-42(27)4)23-15-43(41-40-23)29(7-8-29)30(32,33)34/h5-6,9-12,14-15,26,39H,7-8,16H2,1-4H3,(H,37,38). The van der Waals surface area contributed by atoms with Gasteiger partial charge in [-0.15, -0.1) is 5.10 Å². The molecular weight excluding hydrogens is 579 g/mol. The zero-order valence-electron chi connectivity index (χ0n) is 24.0. The van der Waals surface area contributed by atoms with Crippen LogP contribution in [-0.4, -0.2) is 42.2 Å². The van der Waals surface area contributed by atoms with Gasteiger partial charge in [0, 0.05) is 48.6 Å². The molecule has 4 aromatic heterocycles. The molecule has 1 aromatic carbocycles. The van der Waals surface area contributed by atoms with Gasteiger partial charge >= 0.3 is 6.18 Å². The summed E-state index contributed by atoms with van der Waals surface area (Å²) in [4.78, 5) is 8.91. The number of halogens is 4. The summed E-state index contributed by atoms with van der Waals surface area (Å²) in [6.07, 6.45) is 1.83. The maximum Gasteiger partial charge on any atom is 0.413 e. The van der Waals surface area contributed by atoms with Crippen LogP contribution < -0.4 is 10.6 Å². The molecule has 1 aliphatic rings. The third-order valence-electron chi connectivity index (χ3n) is 7.76. The number of nitrogens with zero attached hydrogens (tertiary/aromatic N) is 7. The Morgan fingerprint density at radius 2 is 1.91 bits per heavy atom. The quantitative estimate of drug-likeness (QED) is 0.206. The zero-order chi connectivity index (χ0) is 30.7. The predicted molar refractivity (Wildman–Crippen MR) is 159 cm³/mol. The van der Waals surface area contributed by atoms with Crippen LogP contribution in [0.15, 0.2) is 49.1 Å². The number of fused-ring (bicyclic) bond motifs is 2. The number of hydrogen-bond acceptors (Lipinski definition) is 7. The van der Waals surface area contributed by atoms with Gasteiger partial charge < -0.3 is 15.2 Å². The summed E-state index contributed by atoms with van der Waals surface area (Å²) >= 11 is 6.73. The van der Waals surface area contributed by atoms with E-state index in [-0.39, 0.29) is 18.3 Å². The molecule has 5 aromatic rings. The minimum atomic E-state index is -4.45. The molecule has 1 fully saturated rings. The van der Waals surface area contributed by atoms with E-state index in [9.17, 15) is 18.4 Å². The van der Waals surface area contributed by atoms with Crippen molar-refractivity contribution in [1.29, 1.82) is 5.26 Å². The minimum absolute atomic E-state index is 0.0472. The van der Waals surface area contributed by atoms with E-state index in [1.807, 2.05) is 36.0 Å². The van der Waals surface area contributed by atoms with Gasteiger partial charge in [0.15, 0.2) is 5.54 Å². The lowest BCUT2D eigenvalue weighted by Gasteiger charge is -2.23. The van der Waals surface area contributed by atoms with Gasteiger partial charge in [-0.05, 0) is 48.1 Å². The number of nitrogens with one attached hydrogen (secondary N) is 2. The number of pyridine rings is 2. The molecular formula is C30H29ClF3N9. The van der Waals surface area contributed by atoms with E-state index < -0.39 is 17.8 Å². The molecule has 6 rings (SSSR count). The Kier molecular flexibility index (Phi) is 6.76. The van der Waals surface area contributed by atoms with Crippen LogP contribution in [-0.2, 0) is 12.6 Å². The van der Waals surface area contributed by atoms with Crippen molar-refractivity contribution in [3.63, 3.8) is 0 Å². The first-order valence-electron chi connectivity index (χ1n) is 13.7. The molecule has 1 unspecified atom stereocenters. The molecule has 4 heterocycles. The number of alkyl halides is 3. The lowest BCUT2D eigenvalue weighted by molar-refractivity contribution is -0.182. The van der Waals surface area contributed by atoms with Gasteiger partial charge in [-0.3, -0.25) is 4.98 Å². The van der Waals surface area contributed by atoms with Crippen molar-refractivity contribution in [2.45, 2.75) is 51.4 Å². The summed E-state index contributed by atoms with van der Waals surface area (Å²) in [6, 6.07) is 8.74. The Hall–Kier alpha value is -4.37. The van der Waals surface area contributed by atoms with E-state index in [2.05, 4.69) is 57.8 Å². The Bertz CT molecular complexity index is 1890. The molecule has 9 nitrogen and oxygen atoms in total. The highest BCUT2D eigenvalue weighted by Gasteiger charge is 2.66. The lowest BCUT2D eigenvalue weighted by Crippen LogP contribution is -2.35. The molecule has 0 amide bonds. The fourth-order valence-corrected chi connectivity index (χ4v) is 5.53. The largest absolute Gasteiger partial charge is 0.413 e. The monoisotopic (exact) mass is 607 g/mol. The predicted octanol–water partition coefficient (Wildman–Crippen LogP) is 6.95. The Morgan fingerprint density at radius 3 is 2.58 bits per heavy atom. The van der Waals surface area contributed by atoms with Crippen LogP contribution in [0.2, 0.25) is 5.02 Å². The number of rotatable bonds is 7. The minimum Gasteiger partial charge on any atom is -0.383 e. The van der Waals surface area contributed by atoms with Crippen molar-refractivity contribution in [2.75, 3.05) is 17.2 Å². The van der Waals surface area contributed by atoms with E-state index in [1.54, 1.807) is 12.3 Å². The van der Waals surface area contributed by atoms with Crippen molar-refractivity contribution >= 4 is 44.9 Å². The molecule has 2 N–H and O–H groups in total. The first-order chi connectivity index (χ1) is 20.3. The van der Waals surface area contributed by atoms with Gasteiger partial charge in [0.25, 0.3) is 0 Å². The maximum absolute atomic E-state index is 13.9. The zero-order valence-corrected chi connectivity index (χ0v) is 24.7. The van der Waals surface area contributed by atoms with Crippen molar-refractivity contribution in [1.82, 2.24) is 29.5 Å². The Labute approximate surface area is 250 Å². The molecule has 1 atom stereocenters. The fraction of sp³-hybridized carbons (Fsp3) is 0.367. The molecule has 0 radical (unpaired) electrons. The summed E-state index contributed by atoms with van der Waals surface area (Å²) in [5.41, 5.74) is 1.69. The molecule has 0 bridgehead atoms. The second-order valence-electron chi connectivity index (χ2n) is 12.2. The summed E-state index contributed by atoms with van der Waals surface area (Å²) in [5.74, 6) is 0. The van der Waals surface area contributed by atoms with E-state index in [4.69, 9.17) is 11.6 Å². The van der Waals surface area contributed by atoms with Gasteiger partial charge in [0.1, 0.15) is 17.4 Å². The molecule has 222 valence electrons. The number of nitriles is 1. The summed E-state index contributed by atoms with van der Waals surface area (Å²) in [7, 11) is 1.87. The Morgan fingerprint density at radius 1 is 1.14 bits per heavy atom. The van der Waals surface area contributed by atoms with Crippen LogP contribution in [0.1, 0.15) is 56.5 Å². The molecule has 43 heavy (non-hydrogen) atoms. The summed E-state index contributed by atoms with van der Waals surface area (Å²) in [6.45, 7) is 6.83. The molecule has 0 aliphatic heterocycles. The summed E-state index contributed by atoms with van der Waals surface area (Å²) < 4.78 is 44.6. The molecule has 13 heteroatoms. The second kappa shape index (κ2) is 10.1. The van der Waals surface area contributed by atoms with Crippen LogP contribution in [0, 0.1) is 16.7 Å². The lowest BCUT2D eigenvalue weighted by atomic mass is 9.96. The third kappa shape index (κ3) is 5.12. The maximum atomic E-state index is 13.9. The van der Waals surface area contributed by atoms with Crippen molar-refractivity contribution < 1.29 is 13.2 Å². The van der Waals surface area contributed by atoms with Crippen molar-refractivity contribution in [2.24, 2.45) is 12.5 Å². The number of aromatic nitrogens is 6. The van der Waals surface area contributed by atoms with Crippen LogP contribution in [0.4, 0.5) is 24.5 Å². The SMILES string of the molecule is Cn1ccc2c(C(Nc3cc(Cl)c4ncc(C#N)c(NCC(C)(C)C)c4c3)c3cn(C4(C(F)(F)F)CC4)nn3)ccnc21. The summed E-state index contributed by atoms with van der Waals surface area (Å²) in [5, 5.41) is 26.6. The van der Waals surface area contributed by atoms with Crippen LogP contribution in [0.25, 0.3) is 21.9 Å². The topological polar surface area (TPSA) is 109 Å². The molecule has 1 aliphatic carbocycles. The fourth-order valence-electron chi connectivity index (χ4n) is 5.27. The van der Waals surface area contributed by atoms with Crippen LogP contribution in [0.5, 0.6) is 0 Å². The smallest absolute Gasteiger partial charge is 0.383 e. The number of aryl methyl sites for hydroxylation is 1. The third-order valence-corrected chi connectivity index (χ3v) is 8.05. The highest BCUT2D eigenvalue weighted by atomic mass is 35.5. The van der Waals surface area contributed by atoms with Gasteiger partial charge in [-0.25, -0.2) is 9.67 Å². The molecule has 0 saturated heterocycles. The Balaban J connectivity index is 1.48. The number of benzene rings is 1. The second-order valence-corrected chi connectivity index (χ2v) is 12.6. The van der Waals surface area contributed by atoms with E-state index in [0.717, 1.165) is 15.6 Å². The van der Waals surface area contributed by atoms with Crippen molar-refractivity contribution in [3.05, 3.63) is 70.9 Å². The number of anilines is 2. The highest BCUT2D eigenvalue weighted by Crippen LogP contribution is 2.55. The highest BCUT2D eigenvalue weighted by molar-refractivity contribution is 6.35.